The number of aromatic nitrogens is 2. The molecule has 1 aromatic rings. The highest BCUT2D eigenvalue weighted by Crippen LogP contribution is 2.30. The first-order valence-corrected chi connectivity index (χ1v) is 6.42. The van der Waals surface area contributed by atoms with Crippen molar-refractivity contribution in [3.8, 4) is 0 Å². The first-order valence-electron chi connectivity index (χ1n) is 5.51. The highest BCUT2D eigenvalue weighted by Gasteiger charge is 2.20. The molecule has 0 aliphatic heterocycles. The summed E-state index contributed by atoms with van der Waals surface area (Å²) in [5, 5.41) is 0. The van der Waals surface area contributed by atoms with Crippen LogP contribution in [0.4, 0.5) is 0 Å². The lowest BCUT2D eigenvalue weighted by atomic mass is 9.83. The van der Waals surface area contributed by atoms with E-state index in [1.807, 2.05) is 12.4 Å². The molecule has 0 radical (unpaired) electrons. The molecule has 1 atom stereocenters. The number of hydrogen-bond donors (Lipinski definition) is 0. The summed E-state index contributed by atoms with van der Waals surface area (Å²) in [6, 6.07) is 0. The molecule has 86 valence electrons. The largest absolute Gasteiger partial charge is 0.338 e. The molecule has 0 aromatic carbocycles. The summed E-state index contributed by atoms with van der Waals surface area (Å²) >= 11 is 3.62. The van der Waals surface area contributed by atoms with Gasteiger partial charge in [0.1, 0.15) is 5.82 Å². The fourth-order valence-electron chi connectivity index (χ4n) is 1.95. The highest BCUT2D eigenvalue weighted by atomic mass is 79.9. The second-order valence-corrected chi connectivity index (χ2v) is 6.67. The molecule has 1 aromatic heterocycles. The van der Waals surface area contributed by atoms with Gasteiger partial charge in [-0.25, -0.2) is 4.98 Å². The van der Waals surface area contributed by atoms with Crippen molar-refractivity contribution in [2.24, 2.45) is 12.5 Å². The highest BCUT2D eigenvalue weighted by molar-refractivity contribution is 9.09. The standard InChI is InChI=1S/C12H21BrN2/c1-10(13)9-12(2,3)6-5-11-14-7-8-15(11)4/h7-8,10H,5-6,9H2,1-4H3. The molecule has 0 aliphatic carbocycles. The van der Waals surface area contributed by atoms with E-state index in [1.54, 1.807) is 0 Å². The van der Waals surface area contributed by atoms with Crippen molar-refractivity contribution in [1.29, 1.82) is 0 Å². The first kappa shape index (κ1) is 12.8. The van der Waals surface area contributed by atoms with E-state index in [0.717, 1.165) is 6.42 Å². The van der Waals surface area contributed by atoms with E-state index in [2.05, 4.69) is 53.3 Å². The van der Waals surface area contributed by atoms with Gasteiger partial charge >= 0.3 is 0 Å². The minimum atomic E-state index is 0.384. The summed E-state index contributed by atoms with van der Waals surface area (Å²) in [5.41, 5.74) is 0.384. The van der Waals surface area contributed by atoms with Gasteiger partial charge in [0.15, 0.2) is 0 Å². The zero-order chi connectivity index (χ0) is 11.5. The Balaban J connectivity index is 2.46. The van der Waals surface area contributed by atoms with Gasteiger partial charge in [0.05, 0.1) is 0 Å². The Hall–Kier alpha value is -0.310. The van der Waals surface area contributed by atoms with E-state index >= 15 is 0 Å². The average Bonchev–Trinajstić information content (AvgIpc) is 2.45. The van der Waals surface area contributed by atoms with Gasteiger partial charge in [0, 0.05) is 30.7 Å². The molecule has 0 saturated heterocycles. The maximum atomic E-state index is 4.35. The van der Waals surface area contributed by atoms with Gasteiger partial charge in [-0.05, 0) is 18.3 Å². The summed E-state index contributed by atoms with van der Waals surface area (Å²) in [5.74, 6) is 1.19. The van der Waals surface area contributed by atoms with Crippen molar-refractivity contribution >= 4 is 15.9 Å². The summed E-state index contributed by atoms with van der Waals surface area (Å²) in [6.07, 6.45) is 7.34. The minimum Gasteiger partial charge on any atom is -0.338 e. The smallest absolute Gasteiger partial charge is 0.108 e. The normalized spacial score (nSPS) is 14.2. The number of nitrogens with zero attached hydrogens (tertiary/aromatic N) is 2. The maximum Gasteiger partial charge on any atom is 0.108 e. The fraction of sp³-hybridized carbons (Fsp3) is 0.750. The Morgan fingerprint density at radius 3 is 2.67 bits per heavy atom. The predicted molar refractivity (Wildman–Crippen MR) is 68.3 cm³/mol. The molecule has 0 fully saturated rings. The summed E-state index contributed by atoms with van der Waals surface area (Å²) < 4.78 is 2.10. The number of rotatable bonds is 5. The van der Waals surface area contributed by atoms with Crippen molar-refractivity contribution in [3.63, 3.8) is 0 Å². The number of halogens is 1. The van der Waals surface area contributed by atoms with Crippen LogP contribution in [0.2, 0.25) is 0 Å². The molecule has 0 aliphatic rings. The van der Waals surface area contributed by atoms with Gasteiger partial charge in [-0.15, -0.1) is 0 Å². The molecule has 2 nitrogen and oxygen atoms in total. The molecule has 0 spiro atoms. The lowest BCUT2D eigenvalue weighted by Gasteiger charge is -2.25. The van der Waals surface area contributed by atoms with Crippen LogP contribution in [0.1, 0.15) is 39.4 Å². The van der Waals surface area contributed by atoms with Gasteiger partial charge in [-0.2, -0.15) is 0 Å². The van der Waals surface area contributed by atoms with Crippen LogP contribution in [0.25, 0.3) is 0 Å². The number of alkyl halides is 1. The van der Waals surface area contributed by atoms with Crippen LogP contribution in [0.3, 0.4) is 0 Å². The molecule has 0 bridgehead atoms. The molecule has 1 unspecified atom stereocenters. The zero-order valence-electron chi connectivity index (χ0n) is 10.1. The Morgan fingerprint density at radius 2 is 2.20 bits per heavy atom. The lowest BCUT2D eigenvalue weighted by molar-refractivity contribution is 0.306. The first-order chi connectivity index (χ1) is 6.91. The van der Waals surface area contributed by atoms with Crippen LogP contribution < -0.4 is 0 Å². The molecule has 1 heterocycles. The van der Waals surface area contributed by atoms with E-state index in [1.165, 1.54) is 18.7 Å². The Kier molecular flexibility index (Phi) is 4.38. The topological polar surface area (TPSA) is 17.8 Å². The van der Waals surface area contributed by atoms with Crippen molar-refractivity contribution in [3.05, 3.63) is 18.2 Å². The zero-order valence-corrected chi connectivity index (χ0v) is 11.7. The summed E-state index contributed by atoms with van der Waals surface area (Å²) in [7, 11) is 2.06. The SMILES string of the molecule is CC(Br)CC(C)(C)CCc1nccn1C. The summed E-state index contributed by atoms with van der Waals surface area (Å²) in [4.78, 5) is 4.94. The van der Waals surface area contributed by atoms with Crippen LogP contribution in [-0.2, 0) is 13.5 Å². The molecule has 1 rings (SSSR count). The molecule has 3 heteroatoms. The molecule has 15 heavy (non-hydrogen) atoms. The van der Waals surface area contributed by atoms with E-state index in [-0.39, 0.29) is 0 Å². The van der Waals surface area contributed by atoms with Crippen LogP contribution in [0, 0.1) is 5.41 Å². The van der Waals surface area contributed by atoms with Gasteiger partial charge in [0.25, 0.3) is 0 Å². The predicted octanol–water partition coefficient (Wildman–Crippen LogP) is 3.55. The number of hydrogen-bond acceptors (Lipinski definition) is 1. The monoisotopic (exact) mass is 272 g/mol. The van der Waals surface area contributed by atoms with Crippen LogP contribution in [0.5, 0.6) is 0 Å². The van der Waals surface area contributed by atoms with E-state index < -0.39 is 0 Å². The lowest BCUT2D eigenvalue weighted by Crippen LogP contribution is -2.17. The number of imidazole rings is 1. The van der Waals surface area contributed by atoms with Crippen molar-refractivity contribution in [2.75, 3.05) is 0 Å². The van der Waals surface area contributed by atoms with Crippen molar-refractivity contribution in [1.82, 2.24) is 9.55 Å². The second kappa shape index (κ2) is 5.15. The molecule has 0 N–H and O–H groups in total. The van der Waals surface area contributed by atoms with E-state index in [4.69, 9.17) is 0 Å². The summed E-state index contributed by atoms with van der Waals surface area (Å²) in [6.45, 7) is 6.86. The van der Waals surface area contributed by atoms with Gasteiger partial charge < -0.3 is 4.57 Å². The third-order valence-corrected chi connectivity index (χ3v) is 3.10. The van der Waals surface area contributed by atoms with Crippen LogP contribution in [0.15, 0.2) is 12.4 Å². The van der Waals surface area contributed by atoms with Crippen molar-refractivity contribution < 1.29 is 0 Å². The van der Waals surface area contributed by atoms with Gasteiger partial charge in [-0.1, -0.05) is 36.7 Å². The van der Waals surface area contributed by atoms with E-state index in [9.17, 15) is 0 Å². The van der Waals surface area contributed by atoms with Crippen LogP contribution >= 0.6 is 15.9 Å². The second-order valence-electron chi connectivity index (χ2n) is 5.10. The molecule has 0 amide bonds. The minimum absolute atomic E-state index is 0.384. The molecular weight excluding hydrogens is 252 g/mol. The quantitative estimate of drug-likeness (QED) is 0.750. The van der Waals surface area contributed by atoms with Gasteiger partial charge in [-0.3, -0.25) is 0 Å². The molecule has 0 saturated carbocycles. The Morgan fingerprint density at radius 1 is 1.53 bits per heavy atom. The van der Waals surface area contributed by atoms with Crippen LogP contribution in [-0.4, -0.2) is 14.4 Å². The third-order valence-electron chi connectivity index (χ3n) is 2.78. The molecular formula is C12H21BrN2. The number of aryl methyl sites for hydroxylation is 2. The Labute approximate surface area is 101 Å². The maximum absolute atomic E-state index is 4.35. The van der Waals surface area contributed by atoms with Gasteiger partial charge in [0.2, 0.25) is 0 Å². The van der Waals surface area contributed by atoms with E-state index in [0.29, 0.717) is 10.2 Å². The van der Waals surface area contributed by atoms with Crippen molar-refractivity contribution in [2.45, 2.75) is 44.9 Å². The Bertz CT molecular complexity index is 302. The third kappa shape index (κ3) is 4.37. The fourth-order valence-corrected chi connectivity index (χ4v) is 2.83. The average molecular weight is 273 g/mol.